The number of para-hydroxylation sites is 3. The van der Waals surface area contributed by atoms with Gasteiger partial charge in [-0.2, -0.15) is 0 Å². The van der Waals surface area contributed by atoms with Crippen molar-refractivity contribution in [3.05, 3.63) is 60.4 Å². The van der Waals surface area contributed by atoms with E-state index in [1.165, 1.54) is 0 Å². The van der Waals surface area contributed by atoms with Crippen LogP contribution in [0, 0.1) is 0 Å². The number of piperidine rings is 1. The second-order valence-corrected chi connectivity index (χ2v) is 6.80. The van der Waals surface area contributed by atoms with Crippen LogP contribution < -0.4 is 15.4 Å². The van der Waals surface area contributed by atoms with Gasteiger partial charge in [-0.15, -0.1) is 0 Å². The second kappa shape index (κ2) is 8.22. The first kappa shape index (κ1) is 17.5. The highest BCUT2D eigenvalue weighted by atomic mass is 16.5. The van der Waals surface area contributed by atoms with E-state index < -0.39 is 0 Å². The zero-order valence-corrected chi connectivity index (χ0v) is 15.2. The van der Waals surface area contributed by atoms with Gasteiger partial charge in [0.25, 0.3) is 0 Å². The molecule has 4 rings (SSSR count). The highest BCUT2D eigenvalue weighted by Crippen LogP contribution is 2.18. The number of benzene rings is 2. The Kier molecular flexibility index (Phi) is 5.34. The van der Waals surface area contributed by atoms with Crippen molar-refractivity contribution >= 4 is 16.9 Å². The Morgan fingerprint density at radius 1 is 1.11 bits per heavy atom. The van der Waals surface area contributed by atoms with Gasteiger partial charge in [-0.1, -0.05) is 30.3 Å². The van der Waals surface area contributed by atoms with Crippen molar-refractivity contribution < 1.29 is 9.53 Å². The van der Waals surface area contributed by atoms with Gasteiger partial charge >= 0.3 is 0 Å². The fourth-order valence-corrected chi connectivity index (χ4v) is 3.46. The van der Waals surface area contributed by atoms with Crippen molar-refractivity contribution in [3.63, 3.8) is 0 Å². The van der Waals surface area contributed by atoms with E-state index in [-0.39, 0.29) is 18.5 Å². The van der Waals surface area contributed by atoms with E-state index >= 15 is 0 Å². The Bertz CT molecular complexity index is 901. The number of fused-ring (bicyclic) bond motifs is 1. The number of rotatable bonds is 6. The summed E-state index contributed by atoms with van der Waals surface area (Å²) in [5, 5.41) is 6.47. The predicted octanol–water partition coefficient (Wildman–Crippen LogP) is 2.48. The van der Waals surface area contributed by atoms with Crippen molar-refractivity contribution in [2.45, 2.75) is 32.0 Å². The number of nitrogens with one attached hydrogen (secondary N) is 2. The first-order valence-electron chi connectivity index (χ1n) is 9.41. The van der Waals surface area contributed by atoms with Gasteiger partial charge in [0.1, 0.15) is 24.7 Å². The molecule has 0 bridgehead atoms. The Morgan fingerprint density at radius 2 is 1.85 bits per heavy atom. The third-order valence-corrected chi connectivity index (χ3v) is 4.85. The topological polar surface area (TPSA) is 68.2 Å². The fraction of sp³-hybridized carbons (Fsp3) is 0.333. The molecule has 1 aromatic heterocycles. The molecule has 2 N–H and O–H groups in total. The predicted molar refractivity (Wildman–Crippen MR) is 105 cm³/mol. The maximum Gasteiger partial charge on any atom is 0.240 e. The molecule has 6 heteroatoms. The molecule has 0 radical (unpaired) electrons. The van der Waals surface area contributed by atoms with Gasteiger partial charge in [0, 0.05) is 6.04 Å². The van der Waals surface area contributed by atoms with Crippen LogP contribution in [0.2, 0.25) is 0 Å². The minimum atomic E-state index is 0.0195. The van der Waals surface area contributed by atoms with Gasteiger partial charge in [-0.25, -0.2) is 4.98 Å². The molecule has 6 nitrogen and oxygen atoms in total. The lowest BCUT2D eigenvalue weighted by Gasteiger charge is -2.24. The summed E-state index contributed by atoms with van der Waals surface area (Å²) in [5.74, 6) is 1.56. The number of hydrogen-bond acceptors (Lipinski definition) is 4. The van der Waals surface area contributed by atoms with E-state index in [1.54, 1.807) is 0 Å². The summed E-state index contributed by atoms with van der Waals surface area (Å²) in [6.45, 7) is 2.47. The van der Waals surface area contributed by atoms with Crippen LogP contribution in [-0.2, 0) is 17.9 Å². The molecule has 2 aromatic carbocycles. The largest absolute Gasteiger partial charge is 0.486 e. The number of aromatic nitrogens is 2. The molecule has 0 spiro atoms. The van der Waals surface area contributed by atoms with E-state index in [0.29, 0.717) is 6.61 Å². The second-order valence-electron chi connectivity index (χ2n) is 6.80. The van der Waals surface area contributed by atoms with Crippen LogP contribution >= 0.6 is 0 Å². The molecule has 1 saturated heterocycles. The van der Waals surface area contributed by atoms with E-state index in [4.69, 9.17) is 4.74 Å². The molecule has 0 aliphatic carbocycles. The summed E-state index contributed by atoms with van der Waals surface area (Å²) >= 11 is 0. The number of carbonyl (C=O) groups is 1. The standard InChI is InChI=1S/C21H24N4O2/c26-21(23-16-10-12-22-13-11-16)14-25-19-9-5-4-8-18(19)24-20(25)15-27-17-6-2-1-3-7-17/h1-9,16,22H,10-15H2,(H,23,26). The molecule has 1 aliphatic heterocycles. The quantitative estimate of drug-likeness (QED) is 0.705. The van der Waals surface area contributed by atoms with Crippen LogP contribution in [0.25, 0.3) is 11.0 Å². The molecule has 1 fully saturated rings. The Morgan fingerprint density at radius 3 is 2.67 bits per heavy atom. The first-order valence-corrected chi connectivity index (χ1v) is 9.41. The lowest BCUT2D eigenvalue weighted by molar-refractivity contribution is -0.122. The molecular formula is C21H24N4O2. The zero-order valence-electron chi connectivity index (χ0n) is 15.2. The molecular weight excluding hydrogens is 340 g/mol. The molecule has 27 heavy (non-hydrogen) atoms. The van der Waals surface area contributed by atoms with Gasteiger partial charge in [0.05, 0.1) is 11.0 Å². The van der Waals surface area contributed by atoms with Gasteiger partial charge in [0.15, 0.2) is 0 Å². The van der Waals surface area contributed by atoms with Crippen LogP contribution in [0.1, 0.15) is 18.7 Å². The summed E-state index contributed by atoms with van der Waals surface area (Å²) < 4.78 is 7.82. The smallest absolute Gasteiger partial charge is 0.240 e. The van der Waals surface area contributed by atoms with Crippen LogP contribution in [0.4, 0.5) is 0 Å². The average Bonchev–Trinajstić information content (AvgIpc) is 3.05. The Hall–Kier alpha value is -2.86. The van der Waals surface area contributed by atoms with Crippen molar-refractivity contribution in [1.29, 1.82) is 0 Å². The summed E-state index contributed by atoms with van der Waals surface area (Å²) in [7, 11) is 0. The van der Waals surface area contributed by atoms with Crippen molar-refractivity contribution in [3.8, 4) is 5.75 Å². The van der Waals surface area contributed by atoms with Crippen molar-refractivity contribution in [2.75, 3.05) is 13.1 Å². The molecule has 0 unspecified atom stereocenters. The molecule has 2 heterocycles. The third kappa shape index (κ3) is 4.28. The molecule has 140 valence electrons. The third-order valence-electron chi connectivity index (χ3n) is 4.85. The fourth-order valence-electron chi connectivity index (χ4n) is 3.46. The maximum atomic E-state index is 12.6. The van der Waals surface area contributed by atoms with Crippen molar-refractivity contribution in [1.82, 2.24) is 20.2 Å². The maximum absolute atomic E-state index is 12.6. The minimum absolute atomic E-state index is 0.0195. The lowest BCUT2D eigenvalue weighted by atomic mass is 10.1. The summed E-state index contributed by atoms with van der Waals surface area (Å²) in [6, 6.07) is 17.8. The molecule has 1 amide bonds. The van der Waals surface area contributed by atoms with Gasteiger partial charge in [0.2, 0.25) is 5.91 Å². The minimum Gasteiger partial charge on any atom is -0.486 e. The Balaban J connectivity index is 1.51. The van der Waals surface area contributed by atoms with Crippen LogP contribution in [0.5, 0.6) is 5.75 Å². The monoisotopic (exact) mass is 364 g/mol. The van der Waals surface area contributed by atoms with Gasteiger partial charge < -0.3 is 19.9 Å². The first-order chi connectivity index (χ1) is 13.3. The average molecular weight is 364 g/mol. The molecule has 1 aliphatic rings. The summed E-state index contributed by atoms with van der Waals surface area (Å²) in [4.78, 5) is 17.3. The van der Waals surface area contributed by atoms with Crippen molar-refractivity contribution in [2.24, 2.45) is 0 Å². The SMILES string of the molecule is O=C(Cn1c(COc2ccccc2)nc2ccccc21)NC1CCNCC1. The van der Waals surface area contributed by atoms with Gasteiger partial charge in [-0.3, -0.25) is 4.79 Å². The van der Waals surface area contributed by atoms with Crippen LogP contribution in [0.3, 0.4) is 0 Å². The van der Waals surface area contributed by atoms with E-state index in [1.807, 2.05) is 59.2 Å². The van der Waals surface area contributed by atoms with Crippen LogP contribution in [0.15, 0.2) is 54.6 Å². The highest BCUT2D eigenvalue weighted by Gasteiger charge is 2.18. The number of carbonyl (C=O) groups excluding carboxylic acids is 1. The number of amides is 1. The van der Waals surface area contributed by atoms with E-state index in [9.17, 15) is 4.79 Å². The number of nitrogens with zero attached hydrogens (tertiary/aromatic N) is 2. The normalized spacial score (nSPS) is 15.0. The number of hydrogen-bond donors (Lipinski definition) is 2. The van der Waals surface area contributed by atoms with E-state index in [0.717, 1.165) is 48.5 Å². The molecule has 3 aromatic rings. The number of imidazole rings is 1. The van der Waals surface area contributed by atoms with E-state index in [2.05, 4.69) is 15.6 Å². The zero-order chi connectivity index (χ0) is 18.5. The number of ether oxygens (including phenoxy) is 1. The molecule has 0 saturated carbocycles. The highest BCUT2D eigenvalue weighted by molar-refractivity contribution is 5.81. The lowest BCUT2D eigenvalue weighted by Crippen LogP contribution is -2.43. The van der Waals surface area contributed by atoms with Crippen LogP contribution in [-0.4, -0.2) is 34.6 Å². The Labute approximate surface area is 158 Å². The molecule has 0 atom stereocenters. The van der Waals surface area contributed by atoms with Gasteiger partial charge in [-0.05, 0) is 50.2 Å². The summed E-state index contributed by atoms with van der Waals surface area (Å²) in [5.41, 5.74) is 1.82. The summed E-state index contributed by atoms with van der Waals surface area (Å²) in [6.07, 6.45) is 1.95.